The minimum Gasteiger partial charge on any atom is -0.316 e. The topological polar surface area (TPSA) is 18.5 Å². The number of nitrogens with zero attached hydrogens (tertiary/aromatic N) is 2. The van der Waals surface area contributed by atoms with Gasteiger partial charge in [0.2, 0.25) is 0 Å². The summed E-state index contributed by atoms with van der Waals surface area (Å²) in [7, 11) is 0. The predicted octanol–water partition coefficient (Wildman–Crippen LogP) is 2.18. The first-order valence-electron chi connectivity index (χ1n) is 8.34. The van der Waals surface area contributed by atoms with Crippen LogP contribution in [0.5, 0.6) is 0 Å². The lowest BCUT2D eigenvalue weighted by Gasteiger charge is -2.40. The van der Waals surface area contributed by atoms with Crippen molar-refractivity contribution in [3.05, 3.63) is 0 Å². The van der Waals surface area contributed by atoms with Crippen LogP contribution in [-0.4, -0.2) is 61.7 Å². The molecule has 1 atom stereocenters. The Labute approximate surface area is 119 Å². The van der Waals surface area contributed by atoms with Crippen molar-refractivity contribution in [3.63, 3.8) is 0 Å². The summed E-state index contributed by atoms with van der Waals surface area (Å²) >= 11 is 0. The van der Waals surface area contributed by atoms with Crippen molar-refractivity contribution in [2.45, 2.75) is 52.5 Å². The maximum Gasteiger partial charge on any atom is 0.0113 e. The van der Waals surface area contributed by atoms with E-state index in [0.717, 1.165) is 12.6 Å². The molecule has 19 heavy (non-hydrogen) atoms. The normalized spacial score (nSPS) is 25.4. The van der Waals surface area contributed by atoms with Gasteiger partial charge in [-0.25, -0.2) is 0 Å². The van der Waals surface area contributed by atoms with Crippen molar-refractivity contribution in [1.29, 1.82) is 0 Å². The molecule has 2 aliphatic rings. The van der Waals surface area contributed by atoms with Crippen molar-refractivity contribution in [2.75, 3.05) is 45.8 Å². The fourth-order valence-electron chi connectivity index (χ4n) is 3.13. The van der Waals surface area contributed by atoms with Gasteiger partial charge in [0.15, 0.2) is 0 Å². The molecular weight excluding hydrogens is 234 g/mol. The molecule has 112 valence electrons. The zero-order chi connectivity index (χ0) is 13.7. The first kappa shape index (κ1) is 15.3. The molecule has 3 nitrogen and oxygen atoms in total. The van der Waals surface area contributed by atoms with Crippen molar-refractivity contribution in [1.82, 2.24) is 15.1 Å². The SMILES string of the molecule is CCCNCC(C)(CC)CN1CCN(C2CC2)CC1. The van der Waals surface area contributed by atoms with E-state index >= 15 is 0 Å². The monoisotopic (exact) mass is 267 g/mol. The van der Waals surface area contributed by atoms with Crippen LogP contribution in [0.2, 0.25) is 0 Å². The van der Waals surface area contributed by atoms with Crippen molar-refractivity contribution >= 4 is 0 Å². The highest BCUT2D eigenvalue weighted by molar-refractivity contribution is 4.89. The van der Waals surface area contributed by atoms with Gasteiger partial charge < -0.3 is 10.2 Å². The van der Waals surface area contributed by atoms with Gasteiger partial charge in [-0.2, -0.15) is 0 Å². The summed E-state index contributed by atoms with van der Waals surface area (Å²) in [6.07, 6.45) is 5.41. The molecule has 0 aromatic carbocycles. The van der Waals surface area contributed by atoms with Gasteiger partial charge >= 0.3 is 0 Å². The summed E-state index contributed by atoms with van der Waals surface area (Å²) in [5.74, 6) is 0. The standard InChI is InChI=1S/C16H33N3/c1-4-8-17-13-16(3,5-2)14-18-9-11-19(12-10-18)15-6-7-15/h15,17H,4-14H2,1-3H3. The Bertz CT molecular complexity index is 257. The fourth-order valence-corrected chi connectivity index (χ4v) is 3.13. The highest BCUT2D eigenvalue weighted by Gasteiger charge is 2.33. The maximum atomic E-state index is 3.62. The molecule has 2 rings (SSSR count). The van der Waals surface area contributed by atoms with Gasteiger partial charge in [0.05, 0.1) is 0 Å². The van der Waals surface area contributed by atoms with Crippen LogP contribution in [0.3, 0.4) is 0 Å². The second kappa shape index (κ2) is 7.05. The number of nitrogens with one attached hydrogen (secondary N) is 1. The van der Waals surface area contributed by atoms with E-state index in [1.807, 2.05) is 0 Å². The molecule has 0 bridgehead atoms. The molecule has 1 N–H and O–H groups in total. The molecule has 2 fully saturated rings. The van der Waals surface area contributed by atoms with Gasteiger partial charge in [-0.1, -0.05) is 20.8 Å². The molecule has 0 aromatic rings. The summed E-state index contributed by atoms with van der Waals surface area (Å²) in [6.45, 7) is 15.8. The first-order chi connectivity index (χ1) is 9.17. The average Bonchev–Trinajstić information content (AvgIpc) is 3.24. The third-order valence-corrected chi connectivity index (χ3v) is 4.91. The first-order valence-corrected chi connectivity index (χ1v) is 8.34. The maximum absolute atomic E-state index is 3.62. The third-order valence-electron chi connectivity index (χ3n) is 4.91. The van der Waals surface area contributed by atoms with Gasteiger partial charge in [-0.15, -0.1) is 0 Å². The van der Waals surface area contributed by atoms with E-state index in [0.29, 0.717) is 5.41 Å². The molecule has 1 aliphatic carbocycles. The lowest BCUT2D eigenvalue weighted by Crippen LogP contribution is -2.51. The minimum absolute atomic E-state index is 0.441. The Hall–Kier alpha value is -0.120. The summed E-state index contributed by atoms with van der Waals surface area (Å²) in [5.41, 5.74) is 0.441. The van der Waals surface area contributed by atoms with Crippen LogP contribution in [0, 0.1) is 5.41 Å². The second-order valence-corrected chi connectivity index (χ2v) is 6.88. The highest BCUT2D eigenvalue weighted by Crippen LogP contribution is 2.28. The van der Waals surface area contributed by atoms with E-state index in [1.165, 1.54) is 65.0 Å². The Morgan fingerprint density at radius 2 is 1.79 bits per heavy atom. The highest BCUT2D eigenvalue weighted by atomic mass is 15.3. The lowest BCUT2D eigenvalue weighted by molar-refractivity contribution is 0.0846. The smallest absolute Gasteiger partial charge is 0.0113 e. The van der Waals surface area contributed by atoms with Gasteiger partial charge in [0.1, 0.15) is 0 Å². The number of rotatable bonds is 8. The van der Waals surface area contributed by atoms with Gasteiger partial charge in [-0.05, 0) is 37.6 Å². The number of hydrogen-bond donors (Lipinski definition) is 1. The van der Waals surface area contributed by atoms with E-state index < -0.39 is 0 Å². The van der Waals surface area contributed by atoms with E-state index in [9.17, 15) is 0 Å². The van der Waals surface area contributed by atoms with E-state index in [1.54, 1.807) is 0 Å². The summed E-state index contributed by atoms with van der Waals surface area (Å²) in [4.78, 5) is 5.39. The van der Waals surface area contributed by atoms with Crippen LogP contribution in [0.1, 0.15) is 46.5 Å². The van der Waals surface area contributed by atoms with Crippen molar-refractivity contribution < 1.29 is 0 Å². The molecule has 0 amide bonds. The quantitative estimate of drug-likeness (QED) is 0.680. The molecular formula is C16H33N3. The zero-order valence-electron chi connectivity index (χ0n) is 13.2. The van der Waals surface area contributed by atoms with Gasteiger partial charge in [0.25, 0.3) is 0 Å². The molecule has 1 saturated carbocycles. The van der Waals surface area contributed by atoms with Crippen LogP contribution in [0.25, 0.3) is 0 Å². The van der Waals surface area contributed by atoms with Crippen LogP contribution < -0.4 is 5.32 Å². The Morgan fingerprint density at radius 3 is 2.32 bits per heavy atom. The largest absolute Gasteiger partial charge is 0.316 e. The molecule has 1 aliphatic heterocycles. The van der Waals surface area contributed by atoms with E-state index in [4.69, 9.17) is 0 Å². The summed E-state index contributed by atoms with van der Waals surface area (Å²) in [6, 6.07) is 0.950. The Kier molecular flexibility index (Phi) is 5.67. The minimum atomic E-state index is 0.441. The molecule has 1 saturated heterocycles. The molecule has 0 aromatic heterocycles. The number of piperazine rings is 1. The van der Waals surface area contributed by atoms with Gasteiger partial charge in [0, 0.05) is 45.3 Å². The predicted molar refractivity (Wildman–Crippen MR) is 82.6 cm³/mol. The Morgan fingerprint density at radius 1 is 1.11 bits per heavy atom. The molecule has 1 heterocycles. The average molecular weight is 267 g/mol. The molecule has 0 radical (unpaired) electrons. The number of hydrogen-bond acceptors (Lipinski definition) is 3. The van der Waals surface area contributed by atoms with E-state index in [-0.39, 0.29) is 0 Å². The van der Waals surface area contributed by atoms with Crippen molar-refractivity contribution in [3.8, 4) is 0 Å². The van der Waals surface area contributed by atoms with Crippen LogP contribution in [0.15, 0.2) is 0 Å². The van der Waals surface area contributed by atoms with E-state index in [2.05, 4.69) is 35.9 Å². The zero-order valence-corrected chi connectivity index (χ0v) is 13.2. The van der Waals surface area contributed by atoms with Crippen LogP contribution >= 0.6 is 0 Å². The molecule has 3 heteroatoms. The fraction of sp³-hybridized carbons (Fsp3) is 1.00. The van der Waals surface area contributed by atoms with Crippen LogP contribution in [0.4, 0.5) is 0 Å². The molecule has 0 spiro atoms. The second-order valence-electron chi connectivity index (χ2n) is 6.88. The third kappa shape index (κ3) is 4.73. The van der Waals surface area contributed by atoms with Crippen molar-refractivity contribution in [2.24, 2.45) is 5.41 Å². The summed E-state index contributed by atoms with van der Waals surface area (Å²) in [5, 5.41) is 3.62. The van der Waals surface area contributed by atoms with Crippen LogP contribution in [-0.2, 0) is 0 Å². The Balaban J connectivity index is 1.71. The van der Waals surface area contributed by atoms with Gasteiger partial charge in [-0.3, -0.25) is 4.90 Å². The molecule has 1 unspecified atom stereocenters. The lowest BCUT2D eigenvalue weighted by atomic mass is 9.86. The summed E-state index contributed by atoms with van der Waals surface area (Å²) < 4.78 is 0.